The Hall–Kier alpha value is -1.75. The van der Waals surface area contributed by atoms with Gasteiger partial charge in [0.05, 0.1) is 17.8 Å². The lowest BCUT2D eigenvalue weighted by Crippen LogP contribution is -2.04. The second-order valence-corrected chi connectivity index (χ2v) is 3.82. The molecule has 0 amide bonds. The summed E-state index contributed by atoms with van der Waals surface area (Å²) in [6, 6.07) is 5.49. The first-order valence-corrected chi connectivity index (χ1v) is 5.73. The quantitative estimate of drug-likeness (QED) is 0.765. The van der Waals surface area contributed by atoms with Crippen molar-refractivity contribution in [3.63, 3.8) is 0 Å². The SMILES string of the molecule is CCOC(=O)c1scnc1-c1ccccn1. The molecule has 0 aliphatic carbocycles. The molecule has 2 aromatic heterocycles. The van der Waals surface area contributed by atoms with E-state index in [2.05, 4.69) is 9.97 Å². The molecule has 0 radical (unpaired) electrons. The van der Waals surface area contributed by atoms with Crippen LogP contribution in [0.2, 0.25) is 0 Å². The normalized spacial score (nSPS) is 10.1. The molecular weight excluding hydrogens is 224 g/mol. The average Bonchev–Trinajstić information content (AvgIpc) is 2.79. The van der Waals surface area contributed by atoms with E-state index >= 15 is 0 Å². The number of hydrogen-bond donors (Lipinski definition) is 0. The van der Waals surface area contributed by atoms with Crippen molar-refractivity contribution in [2.75, 3.05) is 6.61 Å². The molecule has 0 N–H and O–H groups in total. The summed E-state index contributed by atoms with van der Waals surface area (Å²) in [6.45, 7) is 2.14. The summed E-state index contributed by atoms with van der Waals surface area (Å²) in [5.74, 6) is -0.342. The first-order valence-electron chi connectivity index (χ1n) is 4.85. The second-order valence-electron chi connectivity index (χ2n) is 2.97. The summed E-state index contributed by atoms with van der Waals surface area (Å²) < 4.78 is 4.95. The third-order valence-corrected chi connectivity index (χ3v) is 2.74. The van der Waals surface area contributed by atoms with Crippen molar-refractivity contribution in [1.82, 2.24) is 9.97 Å². The van der Waals surface area contributed by atoms with Crippen LogP contribution in [0.3, 0.4) is 0 Å². The van der Waals surface area contributed by atoms with Gasteiger partial charge < -0.3 is 4.74 Å². The molecule has 0 aliphatic rings. The third-order valence-electron chi connectivity index (χ3n) is 1.94. The highest BCUT2D eigenvalue weighted by Crippen LogP contribution is 2.24. The van der Waals surface area contributed by atoms with Crippen molar-refractivity contribution >= 4 is 17.3 Å². The van der Waals surface area contributed by atoms with Crippen molar-refractivity contribution in [3.8, 4) is 11.4 Å². The van der Waals surface area contributed by atoms with E-state index < -0.39 is 0 Å². The Morgan fingerprint density at radius 1 is 1.44 bits per heavy atom. The minimum atomic E-state index is -0.342. The summed E-state index contributed by atoms with van der Waals surface area (Å²) in [7, 11) is 0. The Balaban J connectivity index is 2.37. The molecular formula is C11H10N2O2S. The van der Waals surface area contributed by atoms with Crippen LogP contribution < -0.4 is 0 Å². The summed E-state index contributed by atoms with van der Waals surface area (Å²) in [5.41, 5.74) is 2.90. The number of pyridine rings is 1. The van der Waals surface area contributed by atoms with Crippen LogP contribution >= 0.6 is 11.3 Å². The number of thiazole rings is 1. The molecule has 2 rings (SSSR count). The number of rotatable bonds is 3. The van der Waals surface area contributed by atoms with Crippen LogP contribution in [0.1, 0.15) is 16.6 Å². The molecule has 82 valence electrons. The van der Waals surface area contributed by atoms with Crippen LogP contribution in [0.5, 0.6) is 0 Å². The Bertz CT molecular complexity index is 482. The van der Waals surface area contributed by atoms with Gasteiger partial charge in [-0.1, -0.05) is 6.07 Å². The zero-order valence-electron chi connectivity index (χ0n) is 8.71. The van der Waals surface area contributed by atoms with Crippen molar-refractivity contribution in [2.24, 2.45) is 0 Å². The van der Waals surface area contributed by atoms with E-state index in [1.165, 1.54) is 11.3 Å². The number of nitrogens with zero attached hydrogens (tertiary/aromatic N) is 2. The molecule has 0 atom stereocenters. The molecule has 0 aliphatic heterocycles. The van der Waals surface area contributed by atoms with Crippen molar-refractivity contribution in [3.05, 3.63) is 34.8 Å². The number of hydrogen-bond acceptors (Lipinski definition) is 5. The average molecular weight is 234 g/mol. The van der Waals surface area contributed by atoms with Gasteiger partial charge in [-0.15, -0.1) is 11.3 Å². The van der Waals surface area contributed by atoms with Gasteiger partial charge in [0.25, 0.3) is 0 Å². The molecule has 0 aromatic carbocycles. The Morgan fingerprint density at radius 2 is 2.31 bits per heavy atom. The van der Waals surface area contributed by atoms with Crippen LogP contribution in [0.4, 0.5) is 0 Å². The number of ether oxygens (including phenoxy) is 1. The van der Waals surface area contributed by atoms with Gasteiger partial charge in [-0.2, -0.15) is 0 Å². The number of esters is 1. The summed E-state index contributed by atoms with van der Waals surface area (Å²) in [4.78, 5) is 20.4. The topological polar surface area (TPSA) is 52.1 Å². The second kappa shape index (κ2) is 4.85. The lowest BCUT2D eigenvalue weighted by atomic mass is 10.2. The molecule has 0 fully saturated rings. The monoisotopic (exact) mass is 234 g/mol. The van der Waals surface area contributed by atoms with Gasteiger partial charge in [0.15, 0.2) is 0 Å². The van der Waals surface area contributed by atoms with Gasteiger partial charge in [0.2, 0.25) is 0 Å². The van der Waals surface area contributed by atoms with Gasteiger partial charge in [0, 0.05) is 6.20 Å². The van der Waals surface area contributed by atoms with Gasteiger partial charge >= 0.3 is 5.97 Å². The molecule has 0 saturated carbocycles. The fraction of sp³-hybridized carbons (Fsp3) is 0.182. The van der Waals surface area contributed by atoms with Gasteiger partial charge in [-0.3, -0.25) is 4.98 Å². The summed E-state index contributed by atoms with van der Waals surface area (Å²) >= 11 is 1.27. The van der Waals surface area contributed by atoms with Gasteiger partial charge in [-0.25, -0.2) is 9.78 Å². The zero-order valence-corrected chi connectivity index (χ0v) is 9.53. The predicted octanol–water partition coefficient (Wildman–Crippen LogP) is 2.38. The standard InChI is InChI=1S/C11H10N2O2S/c1-2-15-11(14)10-9(13-7-16-10)8-5-3-4-6-12-8/h3-7H,2H2,1H3. The van der Waals surface area contributed by atoms with Crippen LogP contribution in [-0.2, 0) is 4.74 Å². The highest BCUT2D eigenvalue weighted by molar-refractivity contribution is 7.12. The fourth-order valence-electron chi connectivity index (χ4n) is 1.27. The maximum atomic E-state index is 11.6. The summed E-state index contributed by atoms with van der Waals surface area (Å²) in [5, 5.41) is 0. The molecule has 0 saturated heterocycles. The van der Waals surface area contributed by atoms with E-state index in [0.717, 1.165) is 0 Å². The maximum absolute atomic E-state index is 11.6. The predicted molar refractivity (Wildman–Crippen MR) is 61.3 cm³/mol. The lowest BCUT2D eigenvalue weighted by Gasteiger charge is -2.01. The highest BCUT2D eigenvalue weighted by atomic mass is 32.1. The Labute approximate surface area is 96.9 Å². The van der Waals surface area contributed by atoms with Crippen molar-refractivity contribution in [2.45, 2.75) is 6.92 Å². The van der Waals surface area contributed by atoms with E-state index in [0.29, 0.717) is 22.9 Å². The van der Waals surface area contributed by atoms with Gasteiger partial charge in [0.1, 0.15) is 10.6 Å². The van der Waals surface area contributed by atoms with Crippen molar-refractivity contribution < 1.29 is 9.53 Å². The van der Waals surface area contributed by atoms with E-state index in [1.807, 2.05) is 18.2 Å². The van der Waals surface area contributed by atoms with E-state index in [-0.39, 0.29) is 5.97 Å². The van der Waals surface area contributed by atoms with Crippen LogP contribution in [0, 0.1) is 0 Å². The van der Waals surface area contributed by atoms with E-state index in [1.54, 1.807) is 18.6 Å². The zero-order chi connectivity index (χ0) is 11.4. The molecule has 16 heavy (non-hydrogen) atoms. The Kier molecular flexibility index (Phi) is 3.26. The van der Waals surface area contributed by atoms with Crippen LogP contribution in [0.25, 0.3) is 11.4 Å². The molecule has 0 bridgehead atoms. The van der Waals surface area contributed by atoms with Crippen LogP contribution in [0.15, 0.2) is 29.9 Å². The van der Waals surface area contributed by atoms with Crippen molar-refractivity contribution in [1.29, 1.82) is 0 Å². The molecule has 4 nitrogen and oxygen atoms in total. The van der Waals surface area contributed by atoms with Gasteiger partial charge in [-0.05, 0) is 19.1 Å². The van der Waals surface area contributed by atoms with Crippen LogP contribution in [-0.4, -0.2) is 22.5 Å². The van der Waals surface area contributed by atoms with E-state index in [4.69, 9.17) is 4.74 Å². The fourth-order valence-corrected chi connectivity index (χ4v) is 1.96. The first-order chi connectivity index (χ1) is 7.83. The number of carbonyl (C=O) groups is 1. The molecule has 5 heteroatoms. The number of carbonyl (C=O) groups excluding carboxylic acids is 1. The minimum absolute atomic E-state index is 0.342. The lowest BCUT2D eigenvalue weighted by molar-refractivity contribution is 0.0532. The maximum Gasteiger partial charge on any atom is 0.350 e. The number of aromatic nitrogens is 2. The summed E-state index contributed by atoms with van der Waals surface area (Å²) in [6.07, 6.45) is 1.67. The molecule has 2 heterocycles. The largest absolute Gasteiger partial charge is 0.462 e. The molecule has 0 spiro atoms. The highest BCUT2D eigenvalue weighted by Gasteiger charge is 2.17. The first kappa shape index (κ1) is 10.8. The third kappa shape index (κ3) is 2.09. The molecule has 0 unspecified atom stereocenters. The molecule has 2 aromatic rings. The smallest absolute Gasteiger partial charge is 0.350 e. The Morgan fingerprint density at radius 3 is 3.00 bits per heavy atom. The minimum Gasteiger partial charge on any atom is -0.462 e. The van der Waals surface area contributed by atoms with E-state index in [9.17, 15) is 4.79 Å².